The first-order valence-corrected chi connectivity index (χ1v) is 5.49. The molecule has 0 spiro atoms. The fourth-order valence-corrected chi connectivity index (χ4v) is 1.66. The predicted molar refractivity (Wildman–Crippen MR) is 56.8 cm³/mol. The molecule has 1 saturated carbocycles. The van der Waals surface area contributed by atoms with Crippen molar-refractivity contribution in [2.75, 3.05) is 6.54 Å². The molecule has 2 nitrogen and oxygen atoms in total. The van der Waals surface area contributed by atoms with Gasteiger partial charge in [-0.05, 0) is 36.5 Å². The fourth-order valence-electron chi connectivity index (χ4n) is 1.66. The summed E-state index contributed by atoms with van der Waals surface area (Å²) in [5, 5.41) is 12.6. The van der Waals surface area contributed by atoms with Crippen molar-refractivity contribution in [2.45, 2.75) is 25.5 Å². The Morgan fingerprint density at radius 1 is 1.31 bits per heavy atom. The van der Waals surface area contributed by atoms with Crippen LogP contribution in [-0.4, -0.2) is 17.8 Å². The monoisotopic (exact) mass is 227 g/mol. The minimum absolute atomic E-state index is 0.315. The first kappa shape index (κ1) is 11.5. The molecule has 4 heteroatoms. The third-order valence-electron chi connectivity index (χ3n) is 2.83. The molecular formula is C12H15F2NO. The Balaban J connectivity index is 1.78. The van der Waals surface area contributed by atoms with E-state index in [0.717, 1.165) is 18.9 Å². The molecule has 1 aromatic rings. The van der Waals surface area contributed by atoms with Crippen LogP contribution in [0.3, 0.4) is 0 Å². The van der Waals surface area contributed by atoms with E-state index in [1.807, 2.05) is 0 Å². The second-order valence-corrected chi connectivity index (χ2v) is 4.28. The van der Waals surface area contributed by atoms with Crippen LogP contribution in [0, 0.1) is 17.6 Å². The number of aliphatic hydroxyl groups is 1. The lowest BCUT2D eigenvalue weighted by atomic mass is 10.2. The van der Waals surface area contributed by atoms with E-state index in [1.54, 1.807) is 0 Å². The normalized spacial score (nSPS) is 17.4. The van der Waals surface area contributed by atoms with Gasteiger partial charge in [0.15, 0.2) is 11.6 Å². The molecule has 0 saturated heterocycles. The SMILES string of the molecule is OC(CNCc1ccc(F)c(F)c1)C1CC1. The van der Waals surface area contributed by atoms with Gasteiger partial charge < -0.3 is 10.4 Å². The van der Waals surface area contributed by atoms with Crippen LogP contribution in [0.4, 0.5) is 8.78 Å². The Morgan fingerprint density at radius 3 is 2.69 bits per heavy atom. The molecule has 0 aromatic heterocycles. The second-order valence-electron chi connectivity index (χ2n) is 4.28. The smallest absolute Gasteiger partial charge is 0.159 e. The van der Waals surface area contributed by atoms with Gasteiger partial charge in [-0.15, -0.1) is 0 Å². The highest BCUT2D eigenvalue weighted by atomic mass is 19.2. The van der Waals surface area contributed by atoms with Crippen LogP contribution >= 0.6 is 0 Å². The van der Waals surface area contributed by atoms with E-state index < -0.39 is 11.6 Å². The quantitative estimate of drug-likeness (QED) is 0.804. The fraction of sp³-hybridized carbons (Fsp3) is 0.500. The Hall–Kier alpha value is -1.00. The molecule has 1 aromatic carbocycles. The zero-order chi connectivity index (χ0) is 11.5. The van der Waals surface area contributed by atoms with Gasteiger partial charge in [0.2, 0.25) is 0 Å². The summed E-state index contributed by atoms with van der Waals surface area (Å²) in [5.41, 5.74) is 0.682. The minimum Gasteiger partial charge on any atom is -0.392 e. The van der Waals surface area contributed by atoms with Gasteiger partial charge in [0.1, 0.15) is 0 Å². The topological polar surface area (TPSA) is 32.3 Å². The number of benzene rings is 1. The highest BCUT2D eigenvalue weighted by Gasteiger charge is 2.28. The van der Waals surface area contributed by atoms with Crippen LogP contribution < -0.4 is 5.32 Å². The molecule has 1 aliphatic carbocycles. The average Bonchev–Trinajstić information content (AvgIpc) is 3.07. The first-order chi connectivity index (χ1) is 7.66. The zero-order valence-corrected chi connectivity index (χ0v) is 8.92. The summed E-state index contributed by atoms with van der Waals surface area (Å²) in [5.74, 6) is -1.23. The van der Waals surface area contributed by atoms with E-state index in [4.69, 9.17) is 0 Å². The molecule has 2 rings (SSSR count). The van der Waals surface area contributed by atoms with Crippen molar-refractivity contribution >= 4 is 0 Å². The molecular weight excluding hydrogens is 212 g/mol. The lowest BCUT2D eigenvalue weighted by molar-refractivity contribution is 0.148. The Kier molecular flexibility index (Phi) is 3.51. The summed E-state index contributed by atoms with van der Waals surface area (Å²) in [4.78, 5) is 0. The number of nitrogens with one attached hydrogen (secondary N) is 1. The maximum atomic E-state index is 12.9. The molecule has 1 atom stereocenters. The highest BCUT2D eigenvalue weighted by molar-refractivity contribution is 5.17. The van der Waals surface area contributed by atoms with E-state index >= 15 is 0 Å². The van der Waals surface area contributed by atoms with Gasteiger partial charge in [0, 0.05) is 13.1 Å². The molecule has 0 heterocycles. The number of hydrogen-bond acceptors (Lipinski definition) is 2. The van der Waals surface area contributed by atoms with Gasteiger partial charge in [-0.1, -0.05) is 6.07 Å². The number of hydrogen-bond donors (Lipinski definition) is 2. The maximum Gasteiger partial charge on any atom is 0.159 e. The predicted octanol–water partition coefficient (Wildman–Crippen LogP) is 1.83. The Bertz CT molecular complexity index is 366. The van der Waals surface area contributed by atoms with Crippen molar-refractivity contribution in [1.82, 2.24) is 5.32 Å². The van der Waals surface area contributed by atoms with Crippen LogP contribution in [-0.2, 0) is 6.54 Å². The van der Waals surface area contributed by atoms with Crippen LogP contribution in [0.15, 0.2) is 18.2 Å². The molecule has 0 amide bonds. The molecule has 1 aliphatic rings. The van der Waals surface area contributed by atoms with E-state index in [2.05, 4.69) is 5.32 Å². The van der Waals surface area contributed by atoms with Gasteiger partial charge in [-0.3, -0.25) is 0 Å². The molecule has 16 heavy (non-hydrogen) atoms. The van der Waals surface area contributed by atoms with E-state index in [1.165, 1.54) is 12.1 Å². The number of aliphatic hydroxyl groups excluding tert-OH is 1. The van der Waals surface area contributed by atoms with E-state index in [-0.39, 0.29) is 6.10 Å². The molecule has 0 aliphatic heterocycles. The van der Waals surface area contributed by atoms with Crippen LogP contribution in [0.1, 0.15) is 18.4 Å². The summed E-state index contributed by atoms with van der Waals surface area (Å²) in [6, 6.07) is 3.82. The van der Waals surface area contributed by atoms with Gasteiger partial charge in [-0.25, -0.2) is 8.78 Å². The minimum atomic E-state index is -0.832. The third kappa shape index (κ3) is 3.00. The standard InChI is InChI=1S/C12H15F2NO/c13-10-4-1-8(5-11(10)14)6-15-7-12(16)9-2-3-9/h1,4-5,9,12,15-16H,2-3,6-7H2. The van der Waals surface area contributed by atoms with Crippen molar-refractivity contribution in [2.24, 2.45) is 5.92 Å². The molecule has 1 unspecified atom stereocenters. The van der Waals surface area contributed by atoms with Gasteiger partial charge in [-0.2, -0.15) is 0 Å². The molecule has 0 bridgehead atoms. The van der Waals surface area contributed by atoms with Gasteiger partial charge in [0.05, 0.1) is 6.10 Å². The molecule has 88 valence electrons. The van der Waals surface area contributed by atoms with Crippen molar-refractivity contribution < 1.29 is 13.9 Å². The summed E-state index contributed by atoms with van der Waals surface area (Å²) in [6.45, 7) is 0.949. The lowest BCUT2D eigenvalue weighted by Crippen LogP contribution is -2.27. The first-order valence-electron chi connectivity index (χ1n) is 5.49. The van der Waals surface area contributed by atoms with Gasteiger partial charge >= 0.3 is 0 Å². The maximum absolute atomic E-state index is 12.9. The van der Waals surface area contributed by atoms with E-state index in [9.17, 15) is 13.9 Å². The number of halogens is 2. The van der Waals surface area contributed by atoms with Crippen molar-refractivity contribution in [3.63, 3.8) is 0 Å². The van der Waals surface area contributed by atoms with Crippen molar-refractivity contribution in [3.8, 4) is 0 Å². The average molecular weight is 227 g/mol. The van der Waals surface area contributed by atoms with Crippen molar-refractivity contribution in [3.05, 3.63) is 35.4 Å². The Morgan fingerprint density at radius 2 is 2.06 bits per heavy atom. The molecule has 0 radical (unpaired) electrons. The van der Waals surface area contributed by atoms with Crippen LogP contribution in [0.25, 0.3) is 0 Å². The molecule has 1 fully saturated rings. The zero-order valence-electron chi connectivity index (χ0n) is 8.92. The lowest BCUT2D eigenvalue weighted by Gasteiger charge is -2.10. The largest absolute Gasteiger partial charge is 0.392 e. The van der Waals surface area contributed by atoms with Gasteiger partial charge in [0.25, 0.3) is 0 Å². The summed E-state index contributed by atoms with van der Waals surface area (Å²) < 4.78 is 25.5. The van der Waals surface area contributed by atoms with Crippen LogP contribution in [0.2, 0.25) is 0 Å². The van der Waals surface area contributed by atoms with Crippen molar-refractivity contribution in [1.29, 1.82) is 0 Å². The summed E-state index contributed by atoms with van der Waals surface area (Å²) >= 11 is 0. The van der Waals surface area contributed by atoms with Crippen LogP contribution in [0.5, 0.6) is 0 Å². The summed E-state index contributed by atoms with van der Waals surface area (Å²) in [7, 11) is 0. The summed E-state index contributed by atoms with van der Waals surface area (Å²) in [6.07, 6.45) is 1.87. The molecule has 2 N–H and O–H groups in total. The number of rotatable bonds is 5. The van der Waals surface area contributed by atoms with E-state index in [0.29, 0.717) is 24.6 Å². The highest BCUT2D eigenvalue weighted by Crippen LogP contribution is 2.32. The Labute approximate surface area is 93.3 Å². The third-order valence-corrected chi connectivity index (χ3v) is 2.83. The second kappa shape index (κ2) is 4.89.